The van der Waals surface area contributed by atoms with E-state index >= 15 is 0 Å². The highest BCUT2D eigenvalue weighted by atomic mass is 16.2. The predicted molar refractivity (Wildman–Crippen MR) is 102 cm³/mol. The van der Waals surface area contributed by atoms with Crippen molar-refractivity contribution in [3.05, 3.63) is 53.2 Å². The Kier molecular flexibility index (Phi) is 5.07. The fourth-order valence-corrected chi connectivity index (χ4v) is 3.16. The number of rotatable bonds is 5. The Labute approximate surface area is 154 Å². The summed E-state index contributed by atoms with van der Waals surface area (Å²) in [7, 11) is 0. The molecular weight excluding hydrogens is 326 g/mol. The summed E-state index contributed by atoms with van der Waals surface area (Å²) in [5.41, 5.74) is 4.14. The lowest BCUT2D eigenvalue weighted by Gasteiger charge is -2.39. The first-order chi connectivity index (χ1) is 12.4. The van der Waals surface area contributed by atoms with Gasteiger partial charge in [-0.15, -0.1) is 0 Å². The van der Waals surface area contributed by atoms with E-state index in [-0.39, 0.29) is 17.4 Å². The molecule has 2 N–H and O–H groups in total. The largest absolute Gasteiger partial charge is 0.352 e. The number of amides is 2. The van der Waals surface area contributed by atoms with Crippen molar-refractivity contribution >= 4 is 11.8 Å². The summed E-state index contributed by atoms with van der Waals surface area (Å²) in [6, 6.07) is 11.6. The molecule has 5 nitrogen and oxygen atoms in total. The van der Waals surface area contributed by atoms with Crippen molar-refractivity contribution in [3.8, 4) is 11.3 Å². The van der Waals surface area contributed by atoms with Gasteiger partial charge in [0, 0.05) is 24.6 Å². The summed E-state index contributed by atoms with van der Waals surface area (Å²) in [6.45, 7) is 5.98. The van der Waals surface area contributed by atoms with Gasteiger partial charge >= 0.3 is 0 Å². The standard InChI is InChI=1S/C21H25N3O2/c1-14-18(20(26)24-21(3)11-4-12-21)9-10-19(23-14)17-7-5-16(6-8-17)13-22-15(2)25/h5-10H,4,11-13H2,1-3H3,(H,22,25)(H,24,26). The quantitative estimate of drug-likeness (QED) is 0.868. The lowest BCUT2D eigenvalue weighted by atomic mass is 9.78. The van der Waals surface area contributed by atoms with Crippen LogP contribution in [0.3, 0.4) is 0 Å². The highest BCUT2D eigenvalue weighted by Crippen LogP contribution is 2.31. The molecule has 5 heteroatoms. The normalized spacial score (nSPS) is 15.0. The van der Waals surface area contributed by atoms with Crippen molar-refractivity contribution in [2.75, 3.05) is 0 Å². The van der Waals surface area contributed by atoms with Crippen LogP contribution >= 0.6 is 0 Å². The molecule has 1 saturated carbocycles. The fourth-order valence-electron chi connectivity index (χ4n) is 3.16. The summed E-state index contributed by atoms with van der Waals surface area (Å²) in [6.07, 6.45) is 3.24. The summed E-state index contributed by atoms with van der Waals surface area (Å²) < 4.78 is 0. The molecule has 1 fully saturated rings. The third-order valence-electron chi connectivity index (χ3n) is 4.99. The molecule has 0 atom stereocenters. The summed E-state index contributed by atoms with van der Waals surface area (Å²) in [5, 5.41) is 5.91. The molecule has 0 radical (unpaired) electrons. The first-order valence-electron chi connectivity index (χ1n) is 9.00. The molecule has 0 bridgehead atoms. The average molecular weight is 351 g/mol. The Morgan fingerprint density at radius 3 is 2.35 bits per heavy atom. The number of nitrogens with one attached hydrogen (secondary N) is 2. The zero-order chi connectivity index (χ0) is 18.7. The van der Waals surface area contributed by atoms with Crippen LogP contribution in [0.15, 0.2) is 36.4 Å². The predicted octanol–water partition coefficient (Wildman–Crippen LogP) is 3.37. The molecule has 1 aliphatic rings. The Hall–Kier alpha value is -2.69. The second-order valence-corrected chi connectivity index (χ2v) is 7.30. The smallest absolute Gasteiger partial charge is 0.253 e. The summed E-state index contributed by atoms with van der Waals surface area (Å²) >= 11 is 0. The van der Waals surface area contributed by atoms with Gasteiger partial charge in [0.25, 0.3) is 5.91 Å². The van der Waals surface area contributed by atoms with E-state index in [4.69, 9.17) is 0 Å². The van der Waals surface area contributed by atoms with Crippen LogP contribution in [0.1, 0.15) is 54.7 Å². The Morgan fingerprint density at radius 1 is 1.12 bits per heavy atom. The zero-order valence-corrected chi connectivity index (χ0v) is 15.6. The number of benzene rings is 1. The molecule has 3 rings (SSSR count). The van der Waals surface area contributed by atoms with Crippen molar-refractivity contribution in [3.63, 3.8) is 0 Å². The van der Waals surface area contributed by atoms with E-state index < -0.39 is 0 Å². The second-order valence-electron chi connectivity index (χ2n) is 7.30. The lowest BCUT2D eigenvalue weighted by Crippen LogP contribution is -2.51. The van der Waals surface area contributed by atoms with Gasteiger partial charge < -0.3 is 10.6 Å². The van der Waals surface area contributed by atoms with E-state index in [0.29, 0.717) is 12.1 Å². The third kappa shape index (κ3) is 4.10. The number of aryl methyl sites for hydroxylation is 1. The van der Waals surface area contributed by atoms with Gasteiger partial charge in [-0.1, -0.05) is 24.3 Å². The van der Waals surface area contributed by atoms with Gasteiger partial charge in [0.1, 0.15) is 0 Å². The highest BCUT2D eigenvalue weighted by Gasteiger charge is 2.33. The topological polar surface area (TPSA) is 71.1 Å². The van der Waals surface area contributed by atoms with Gasteiger partial charge in [-0.3, -0.25) is 14.6 Å². The molecule has 1 heterocycles. The van der Waals surface area contributed by atoms with Crippen LogP contribution in [0.25, 0.3) is 11.3 Å². The number of hydrogen-bond acceptors (Lipinski definition) is 3. The third-order valence-corrected chi connectivity index (χ3v) is 4.99. The molecule has 1 aromatic carbocycles. The van der Waals surface area contributed by atoms with E-state index in [2.05, 4.69) is 22.5 Å². The van der Waals surface area contributed by atoms with Crippen molar-refractivity contribution in [2.45, 2.75) is 52.1 Å². The zero-order valence-electron chi connectivity index (χ0n) is 15.6. The van der Waals surface area contributed by atoms with Crippen LogP contribution < -0.4 is 10.6 Å². The van der Waals surface area contributed by atoms with Gasteiger partial charge in [0.15, 0.2) is 0 Å². The number of nitrogens with zero attached hydrogens (tertiary/aromatic N) is 1. The summed E-state index contributed by atoms with van der Waals surface area (Å²) in [4.78, 5) is 28.1. The lowest BCUT2D eigenvalue weighted by molar-refractivity contribution is -0.119. The van der Waals surface area contributed by atoms with Gasteiger partial charge in [0.05, 0.1) is 17.0 Å². The Morgan fingerprint density at radius 2 is 1.81 bits per heavy atom. The molecule has 0 saturated heterocycles. The van der Waals surface area contributed by atoms with Crippen LogP contribution in [0.2, 0.25) is 0 Å². The van der Waals surface area contributed by atoms with E-state index in [1.54, 1.807) is 0 Å². The van der Waals surface area contributed by atoms with Crippen LogP contribution in [0.5, 0.6) is 0 Å². The number of aromatic nitrogens is 1. The van der Waals surface area contributed by atoms with Crippen molar-refractivity contribution < 1.29 is 9.59 Å². The Bertz CT molecular complexity index is 824. The van der Waals surface area contributed by atoms with Gasteiger partial charge in [-0.05, 0) is 50.8 Å². The minimum Gasteiger partial charge on any atom is -0.352 e. The maximum atomic E-state index is 12.5. The van der Waals surface area contributed by atoms with Crippen LogP contribution in [-0.2, 0) is 11.3 Å². The molecule has 26 heavy (non-hydrogen) atoms. The first kappa shape index (κ1) is 18.1. The number of carbonyl (C=O) groups excluding carboxylic acids is 2. The van der Waals surface area contributed by atoms with Gasteiger partial charge in [0.2, 0.25) is 5.91 Å². The molecule has 136 valence electrons. The molecule has 0 spiro atoms. The molecule has 2 aromatic rings. The van der Waals surface area contributed by atoms with E-state index in [0.717, 1.165) is 35.4 Å². The number of hydrogen-bond donors (Lipinski definition) is 2. The van der Waals surface area contributed by atoms with Crippen molar-refractivity contribution in [2.24, 2.45) is 0 Å². The van der Waals surface area contributed by atoms with Crippen LogP contribution in [0.4, 0.5) is 0 Å². The summed E-state index contributed by atoms with van der Waals surface area (Å²) in [5.74, 6) is -0.0922. The SMILES string of the molecule is CC(=O)NCc1ccc(-c2ccc(C(=O)NC3(C)CCC3)c(C)n2)cc1. The van der Waals surface area contributed by atoms with Gasteiger partial charge in [-0.25, -0.2) is 0 Å². The fraction of sp³-hybridized carbons (Fsp3) is 0.381. The molecule has 2 amide bonds. The first-order valence-corrected chi connectivity index (χ1v) is 9.00. The van der Waals surface area contributed by atoms with E-state index in [1.807, 2.05) is 43.3 Å². The number of carbonyl (C=O) groups is 2. The number of pyridine rings is 1. The minimum absolute atomic E-state index is 0.0454. The highest BCUT2D eigenvalue weighted by molar-refractivity contribution is 5.96. The molecule has 1 aromatic heterocycles. The van der Waals surface area contributed by atoms with Gasteiger partial charge in [-0.2, -0.15) is 0 Å². The molecule has 1 aliphatic carbocycles. The van der Waals surface area contributed by atoms with E-state index in [1.165, 1.54) is 13.3 Å². The second kappa shape index (κ2) is 7.28. The van der Waals surface area contributed by atoms with E-state index in [9.17, 15) is 9.59 Å². The average Bonchev–Trinajstić information content (AvgIpc) is 2.58. The van der Waals surface area contributed by atoms with Crippen molar-refractivity contribution in [1.82, 2.24) is 15.6 Å². The molecular formula is C21H25N3O2. The maximum Gasteiger partial charge on any atom is 0.253 e. The maximum absolute atomic E-state index is 12.5. The minimum atomic E-state index is -0.0636. The van der Waals surface area contributed by atoms with Crippen LogP contribution in [0, 0.1) is 6.92 Å². The molecule has 0 unspecified atom stereocenters. The monoisotopic (exact) mass is 351 g/mol. The Balaban J connectivity index is 1.72. The van der Waals surface area contributed by atoms with Crippen molar-refractivity contribution in [1.29, 1.82) is 0 Å². The molecule has 0 aliphatic heterocycles. The van der Waals surface area contributed by atoms with Crippen LogP contribution in [-0.4, -0.2) is 22.3 Å².